The molecule has 2 saturated carbocycles. The summed E-state index contributed by atoms with van der Waals surface area (Å²) in [5.41, 5.74) is 3.83. The second kappa shape index (κ2) is 10.4. The third-order valence-electron chi connectivity index (χ3n) is 7.08. The van der Waals surface area contributed by atoms with E-state index in [4.69, 9.17) is 16.6 Å². The van der Waals surface area contributed by atoms with Crippen molar-refractivity contribution in [3.8, 4) is 0 Å². The Morgan fingerprint density at radius 3 is 2.61 bits per heavy atom. The summed E-state index contributed by atoms with van der Waals surface area (Å²) in [7, 11) is -1.36. The van der Waals surface area contributed by atoms with Crippen LogP contribution in [0.2, 0.25) is 5.02 Å². The monoisotopic (exact) mass is 529 g/mol. The lowest BCUT2D eigenvalue weighted by atomic mass is 9.87. The molecule has 5 rings (SSSR count). The van der Waals surface area contributed by atoms with E-state index in [1.165, 1.54) is 19.3 Å². The number of fused-ring (bicyclic) bond motifs is 1. The van der Waals surface area contributed by atoms with Crippen LogP contribution in [-0.2, 0) is 28.4 Å². The molecule has 3 aromatic rings. The van der Waals surface area contributed by atoms with Crippen molar-refractivity contribution in [3.63, 3.8) is 0 Å². The number of anilines is 3. The summed E-state index contributed by atoms with van der Waals surface area (Å²) in [4.78, 5) is 17.3. The van der Waals surface area contributed by atoms with Gasteiger partial charge in [-0.05, 0) is 67.5 Å². The molecular weight excluding hydrogens is 498 g/mol. The number of nitrogens with zero attached hydrogens (tertiary/aromatic N) is 2. The number of benzene rings is 2. The van der Waals surface area contributed by atoms with Gasteiger partial charge in [-0.15, -0.1) is 0 Å². The molecule has 0 unspecified atom stereocenters. The van der Waals surface area contributed by atoms with Gasteiger partial charge in [0.2, 0.25) is 21.9 Å². The number of halogens is 1. The molecule has 1 amide bonds. The molecule has 36 heavy (non-hydrogen) atoms. The molecule has 10 heteroatoms. The topological polar surface area (TPSA) is 105 Å². The zero-order valence-electron chi connectivity index (χ0n) is 20.4. The predicted octanol–water partition coefficient (Wildman–Crippen LogP) is 5.46. The van der Waals surface area contributed by atoms with Crippen LogP contribution in [0, 0.1) is 5.92 Å². The molecule has 2 aromatic carbocycles. The highest BCUT2D eigenvalue weighted by Crippen LogP contribution is 2.31. The van der Waals surface area contributed by atoms with Gasteiger partial charge < -0.3 is 15.2 Å². The van der Waals surface area contributed by atoms with Gasteiger partial charge in [0.1, 0.15) is 0 Å². The van der Waals surface area contributed by atoms with Crippen LogP contribution in [0.4, 0.5) is 17.3 Å². The highest BCUT2D eigenvalue weighted by molar-refractivity contribution is 7.90. The van der Waals surface area contributed by atoms with Gasteiger partial charge in [0, 0.05) is 25.7 Å². The van der Waals surface area contributed by atoms with Gasteiger partial charge in [-0.25, -0.2) is 18.1 Å². The predicted molar refractivity (Wildman–Crippen MR) is 144 cm³/mol. The molecular formula is C26H32ClN5O3S. The van der Waals surface area contributed by atoms with Crippen molar-refractivity contribution in [2.75, 3.05) is 10.6 Å². The standard InChI is InChI=1S/C26H32ClN5O3S/c1-32-24-12-8-19(29-25(33)14-17-5-3-2-4-6-17)15-23(24)31-26(32)30-22-13-18(7-11-21(22)27)16-28-36(34,35)20-9-10-20/h7-8,11-13,15,17,20,28H,2-6,9-10,14,16H2,1H3,(H,29,33)(H,30,31). The number of aryl methyl sites for hydroxylation is 1. The van der Waals surface area contributed by atoms with E-state index in [0.29, 0.717) is 29.0 Å². The van der Waals surface area contributed by atoms with Gasteiger partial charge in [-0.3, -0.25) is 4.79 Å². The van der Waals surface area contributed by atoms with Crippen molar-refractivity contribution < 1.29 is 13.2 Å². The minimum absolute atomic E-state index is 0.0523. The number of imidazole rings is 1. The van der Waals surface area contributed by atoms with E-state index in [9.17, 15) is 13.2 Å². The van der Waals surface area contributed by atoms with Gasteiger partial charge in [0.15, 0.2) is 0 Å². The summed E-state index contributed by atoms with van der Waals surface area (Å²) in [6.07, 6.45) is 8.00. The van der Waals surface area contributed by atoms with E-state index in [0.717, 1.165) is 48.0 Å². The number of carbonyl (C=O) groups is 1. The minimum atomic E-state index is -3.26. The second-order valence-corrected chi connectivity index (χ2v) is 12.4. The van der Waals surface area contributed by atoms with Crippen LogP contribution in [0.5, 0.6) is 0 Å². The zero-order chi connectivity index (χ0) is 25.3. The Labute approximate surface area is 216 Å². The molecule has 0 bridgehead atoms. The normalized spacial score (nSPS) is 16.8. The van der Waals surface area contributed by atoms with Crippen molar-refractivity contribution >= 4 is 55.9 Å². The molecule has 3 N–H and O–H groups in total. The molecule has 0 saturated heterocycles. The van der Waals surface area contributed by atoms with Crippen LogP contribution in [0.3, 0.4) is 0 Å². The first kappa shape index (κ1) is 25.0. The molecule has 2 aliphatic carbocycles. The van der Waals surface area contributed by atoms with Gasteiger partial charge in [-0.2, -0.15) is 0 Å². The number of sulfonamides is 1. The summed E-state index contributed by atoms with van der Waals surface area (Å²) >= 11 is 6.42. The third kappa shape index (κ3) is 5.85. The Morgan fingerprint density at radius 2 is 1.86 bits per heavy atom. The largest absolute Gasteiger partial charge is 0.326 e. The molecule has 0 aliphatic heterocycles. The first-order chi connectivity index (χ1) is 17.3. The average molecular weight is 530 g/mol. The van der Waals surface area contributed by atoms with Crippen LogP contribution in [0.25, 0.3) is 11.0 Å². The molecule has 0 spiro atoms. The summed E-state index contributed by atoms with van der Waals surface area (Å²) in [5, 5.41) is 6.55. The fourth-order valence-electron chi connectivity index (χ4n) is 4.83. The van der Waals surface area contributed by atoms with Crippen LogP contribution in [-0.4, -0.2) is 29.1 Å². The lowest BCUT2D eigenvalue weighted by Crippen LogP contribution is -2.26. The van der Waals surface area contributed by atoms with Gasteiger partial charge >= 0.3 is 0 Å². The number of hydrogen-bond donors (Lipinski definition) is 3. The number of aromatic nitrogens is 2. The minimum Gasteiger partial charge on any atom is -0.326 e. The lowest BCUT2D eigenvalue weighted by molar-refractivity contribution is -0.117. The van der Waals surface area contributed by atoms with E-state index in [2.05, 4.69) is 15.4 Å². The fraction of sp³-hybridized carbons (Fsp3) is 0.462. The summed E-state index contributed by atoms with van der Waals surface area (Å²) < 4.78 is 28.9. The number of hydrogen-bond acceptors (Lipinski definition) is 5. The summed E-state index contributed by atoms with van der Waals surface area (Å²) in [5.74, 6) is 1.13. The average Bonchev–Trinajstić information content (AvgIpc) is 3.67. The van der Waals surface area contributed by atoms with Gasteiger partial charge in [0.25, 0.3) is 0 Å². The van der Waals surface area contributed by atoms with E-state index in [-0.39, 0.29) is 17.7 Å². The van der Waals surface area contributed by atoms with Crippen LogP contribution in [0.1, 0.15) is 56.9 Å². The second-order valence-electron chi connectivity index (χ2n) is 9.96. The highest BCUT2D eigenvalue weighted by atomic mass is 35.5. The molecule has 192 valence electrons. The number of carbonyl (C=O) groups excluding carboxylic acids is 1. The van der Waals surface area contributed by atoms with E-state index in [1.807, 2.05) is 35.9 Å². The summed E-state index contributed by atoms with van der Waals surface area (Å²) in [6.45, 7) is 0.205. The smallest absolute Gasteiger partial charge is 0.224 e. The van der Waals surface area contributed by atoms with Crippen molar-refractivity contribution in [1.29, 1.82) is 0 Å². The fourth-order valence-corrected chi connectivity index (χ4v) is 6.36. The SMILES string of the molecule is Cn1c(Nc2cc(CNS(=O)(=O)C3CC3)ccc2Cl)nc2cc(NC(=O)CC3CCCCC3)ccc21. The Hall–Kier alpha value is -2.62. The number of rotatable bonds is 9. The van der Waals surface area contributed by atoms with E-state index >= 15 is 0 Å². The lowest BCUT2D eigenvalue weighted by Gasteiger charge is -2.20. The highest BCUT2D eigenvalue weighted by Gasteiger charge is 2.35. The van der Waals surface area contributed by atoms with Gasteiger partial charge in [-0.1, -0.05) is 36.9 Å². The molecule has 0 atom stereocenters. The molecule has 2 fully saturated rings. The molecule has 1 aromatic heterocycles. The first-order valence-electron chi connectivity index (χ1n) is 12.6. The Morgan fingerprint density at radius 1 is 1.08 bits per heavy atom. The quantitative estimate of drug-likeness (QED) is 0.341. The Bertz CT molecular complexity index is 1380. The molecule has 0 radical (unpaired) electrons. The van der Waals surface area contributed by atoms with Crippen molar-refractivity contribution in [3.05, 3.63) is 47.0 Å². The third-order valence-corrected chi connectivity index (χ3v) is 9.31. The van der Waals surface area contributed by atoms with E-state index < -0.39 is 10.0 Å². The Balaban J connectivity index is 1.28. The van der Waals surface area contributed by atoms with Crippen molar-refractivity contribution in [2.24, 2.45) is 13.0 Å². The maximum atomic E-state index is 12.5. The summed E-state index contributed by atoms with van der Waals surface area (Å²) in [6, 6.07) is 11.1. The van der Waals surface area contributed by atoms with E-state index in [1.54, 1.807) is 12.1 Å². The first-order valence-corrected chi connectivity index (χ1v) is 14.5. The molecule has 8 nitrogen and oxygen atoms in total. The number of amides is 1. The maximum Gasteiger partial charge on any atom is 0.224 e. The molecule has 1 heterocycles. The molecule has 2 aliphatic rings. The van der Waals surface area contributed by atoms with Crippen molar-refractivity contribution in [1.82, 2.24) is 14.3 Å². The maximum absolute atomic E-state index is 12.5. The zero-order valence-corrected chi connectivity index (χ0v) is 22.0. The number of nitrogens with one attached hydrogen (secondary N) is 3. The van der Waals surface area contributed by atoms with Crippen LogP contribution in [0.15, 0.2) is 36.4 Å². The Kier molecular flexibility index (Phi) is 7.23. The van der Waals surface area contributed by atoms with Crippen LogP contribution < -0.4 is 15.4 Å². The van der Waals surface area contributed by atoms with Crippen molar-refractivity contribution in [2.45, 2.75) is 63.2 Å². The van der Waals surface area contributed by atoms with Crippen LogP contribution >= 0.6 is 11.6 Å². The van der Waals surface area contributed by atoms with Gasteiger partial charge in [0.05, 0.1) is 27.0 Å².